The van der Waals surface area contributed by atoms with Crippen molar-refractivity contribution in [2.24, 2.45) is 4.99 Å². The number of methoxy groups -OCH3 is 1. The van der Waals surface area contributed by atoms with Crippen molar-refractivity contribution < 1.29 is 9.47 Å². The maximum atomic E-state index is 5.42. The minimum absolute atomic E-state index is 0. The SMILES string of the molecule is CCc1nncn1CCNC(=NCCN1CCOCC1)NCCc1ccc(OC)cc1.I. The molecule has 32 heavy (non-hydrogen) atoms. The van der Waals surface area contributed by atoms with Crippen LogP contribution in [0.15, 0.2) is 35.6 Å². The molecule has 9 nitrogen and oxygen atoms in total. The summed E-state index contributed by atoms with van der Waals surface area (Å²) in [6, 6.07) is 8.19. The Labute approximate surface area is 208 Å². The quantitative estimate of drug-likeness (QED) is 0.247. The van der Waals surface area contributed by atoms with Gasteiger partial charge < -0.3 is 24.7 Å². The number of aryl methyl sites for hydroxylation is 1. The Balaban J connectivity index is 0.00000363. The Morgan fingerprint density at radius 3 is 2.59 bits per heavy atom. The van der Waals surface area contributed by atoms with Crippen LogP contribution in [0.5, 0.6) is 5.75 Å². The summed E-state index contributed by atoms with van der Waals surface area (Å²) in [7, 11) is 1.69. The normalized spacial score (nSPS) is 14.6. The predicted molar refractivity (Wildman–Crippen MR) is 137 cm³/mol. The molecule has 0 bridgehead atoms. The van der Waals surface area contributed by atoms with Crippen LogP contribution in [0.3, 0.4) is 0 Å². The molecule has 10 heteroatoms. The van der Waals surface area contributed by atoms with Crippen LogP contribution in [0.25, 0.3) is 0 Å². The van der Waals surface area contributed by atoms with Crippen LogP contribution in [0.1, 0.15) is 18.3 Å². The minimum Gasteiger partial charge on any atom is -0.497 e. The van der Waals surface area contributed by atoms with Crippen molar-refractivity contribution in [1.82, 2.24) is 30.3 Å². The van der Waals surface area contributed by atoms with Gasteiger partial charge in [0.1, 0.15) is 17.9 Å². The van der Waals surface area contributed by atoms with E-state index in [0.717, 1.165) is 89.4 Å². The molecule has 1 aromatic heterocycles. The van der Waals surface area contributed by atoms with Crippen LogP contribution in [0.4, 0.5) is 0 Å². The maximum Gasteiger partial charge on any atom is 0.191 e. The van der Waals surface area contributed by atoms with Gasteiger partial charge in [0, 0.05) is 45.7 Å². The van der Waals surface area contributed by atoms with Crippen molar-refractivity contribution >= 4 is 29.9 Å². The molecule has 0 amide bonds. The number of morpholine rings is 1. The molecule has 2 N–H and O–H groups in total. The molecule has 1 aliphatic heterocycles. The van der Waals surface area contributed by atoms with Gasteiger partial charge >= 0.3 is 0 Å². The zero-order chi connectivity index (χ0) is 21.7. The third kappa shape index (κ3) is 8.91. The molecule has 1 aliphatic rings. The van der Waals surface area contributed by atoms with Crippen LogP contribution in [0, 0.1) is 0 Å². The fourth-order valence-electron chi connectivity index (χ4n) is 3.45. The highest BCUT2D eigenvalue weighted by Gasteiger charge is 2.09. The summed E-state index contributed by atoms with van der Waals surface area (Å²) < 4.78 is 12.7. The highest BCUT2D eigenvalue weighted by Crippen LogP contribution is 2.11. The van der Waals surface area contributed by atoms with Gasteiger partial charge in [0.25, 0.3) is 0 Å². The lowest BCUT2D eigenvalue weighted by Gasteiger charge is -2.25. The second kappa shape index (κ2) is 15.0. The Kier molecular flexibility index (Phi) is 12.4. The van der Waals surface area contributed by atoms with E-state index in [1.807, 2.05) is 12.1 Å². The lowest BCUT2D eigenvalue weighted by atomic mass is 10.1. The highest BCUT2D eigenvalue weighted by atomic mass is 127. The summed E-state index contributed by atoms with van der Waals surface area (Å²) in [5.74, 6) is 2.72. The summed E-state index contributed by atoms with van der Waals surface area (Å²) >= 11 is 0. The molecule has 1 fully saturated rings. The second-order valence-electron chi connectivity index (χ2n) is 7.43. The van der Waals surface area contributed by atoms with Gasteiger partial charge in [-0.3, -0.25) is 9.89 Å². The Morgan fingerprint density at radius 2 is 1.88 bits per heavy atom. The fraction of sp³-hybridized carbons (Fsp3) is 0.591. The molecule has 1 saturated heterocycles. The van der Waals surface area contributed by atoms with Gasteiger partial charge in [-0.1, -0.05) is 19.1 Å². The van der Waals surface area contributed by atoms with Crippen molar-refractivity contribution in [2.75, 3.05) is 59.6 Å². The van der Waals surface area contributed by atoms with Gasteiger partial charge in [0.2, 0.25) is 0 Å². The largest absolute Gasteiger partial charge is 0.497 e. The average Bonchev–Trinajstić information content (AvgIpc) is 3.27. The number of aliphatic imine (C=N–C) groups is 1. The molecule has 0 aliphatic carbocycles. The van der Waals surface area contributed by atoms with E-state index in [-0.39, 0.29) is 24.0 Å². The number of benzene rings is 1. The van der Waals surface area contributed by atoms with E-state index in [1.54, 1.807) is 13.4 Å². The molecule has 0 radical (unpaired) electrons. The third-order valence-electron chi connectivity index (χ3n) is 5.31. The zero-order valence-corrected chi connectivity index (χ0v) is 21.5. The molecule has 3 rings (SSSR count). The van der Waals surface area contributed by atoms with Crippen LogP contribution < -0.4 is 15.4 Å². The first-order valence-electron chi connectivity index (χ1n) is 11.1. The first kappa shape index (κ1) is 26.3. The van der Waals surface area contributed by atoms with Gasteiger partial charge in [-0.25, -0.2) is 0 Å². The lowest BCUT2D eigenvalue weighted by molar-refractivity contribution is 0.0394. The molecule has 0 atom stereocenters. The van der Waals surface area contributed by atoms with Gasteiger partial charge in [-0.05, 0) is 24.1 Å². The monoisotopic (exact) mass is 557 g/mol. The molecule has 0 unspecified atom stereocenters. The van der Waals surface area contributed by atoms with Crippen LogP contribution in [-0.2, 0) is 24.1 Å². The predicted octanol–water partition coefficient (Wildman–Crippen LogP) is 1.58. The van der Waals surface area contributed by atoms with E-state index in [0.29, 0.717) is 0 Å². The third-order valence-corrected chi connectivity index (χ3v) is 5.31. The molecule has 2 heterocycles. The molecule has 1 aromatic carbocycles. The number of hydrogen-bond donors (Lipinski definition) is 2. The fourth-order valence-corrected chi connectivity index (χ4v) is 3.45. The number of rotatable bonds is 11. The molecule has 0 spiro atoms. The summed E-state index contributed by atoms with van der Waals surface area (Å²) in [5.41, 5.74) is 1.26. The summed E-state index contributed by atoms with van der Waals surface area (Å²) in [6.07, 6.45) is 3.58. The standard InChI is InChI=1S/C22H35N7O2.HI/c1-3-21-27-26-18-29(21)13-11-25-22(24-10-12-28-14-16-31-17-15-28)23-9-8-19-4-6-20(30-2)7-5-19;/h4-7,18H,3,8-17H2,1-2H3,(H2,23,24,25);1H. The van der Waals surface area contributed by atoms with Gasteiger partial charge in [0.15, 0.2) is 5.96 Å². The van der Waals surface area contributed by atoms with Crippen molar-refractivity contribution in [2.45, 2.75) is 26.3 Å². The average molecular weight is 557 g/mol. The maximum absolute atomic E-state index is 5.42. The number of halogens is 1. The van der Waals surface area contributed by atoms with E-state index in [4.69, 9.17) is 14.5 Å². The highest BCUT2D eigenvalue weighted by molar-refractivity contribution is 14.0. The second-order valence-corrected chi connectivity index (χ2v) is 7.43. The zero-order valence-electron chi connectivity index (χ0n) is 19.1. The molecule has 0 saturated carbocycles. The first-order chi connectivity index (χ1) is 15.3. The number of nitrogens with one attached hydrogen (secondary N) is 2. The van der Waals surface area contributed by atoms with Crippen molar-refractivity contribution in [1.29, 1.82) is 0 Å². The van der Waals surface area contributed by atoms with Crippen LogP contribution in [0.2, 0.25) is 0 Å². The summed E-state index contributed by atoms with van der Waals surface area (Å²) in [5, 5.41) is 15.1. The van der Waals surface area contributed by atoms with E-state index in [1.165, 1.54) is 5.56 Å². The number of aromatic nitrogens is 3. The van der Waals surface area contributed by atoms with Crippen molar-refractivity contribution in [3.8, 4) is 5.75 Å². The lowest BCUT2D eigenvalue weighted by Crippen LogP contribution is -2.41. The molecule has 2 aromatic rings. The van der Waals surface area contributed by atoms with Gasteiger partial charge in [-0.15, -0.1) is 34.2 Å². The van der Waals surface area contributed by atoms with Crippen molar-refractivity contribution in [3.63, 3.8) is 0 Å². The Bertz CT molecular complexity index is 792. The number of ether oxygens (including phenoxy) is 2. The van der Waals surface area contributed by atoms with Crippen molar-refractivity contribution in [3.05, 3.63) is 42.0 Å². The molecular formula is C22H36IN7O2. The van der Waals surface area contributed by atoms with E-state index in [2.05, 4.69) is 49.4 Å². The Hall–Kier alpha value is -1.92. The number of hydrogen-bond acceptors (Lipinski definition) is 6. The van der Waals surface area contributed by atoms with Crippen LogP contribution >= 0.6 is 24.0 Å². The topological polar surface area (TPSA) is 88.8 Å². The Morgan fingerprint density at radius 1 is 1.12 bits per heavy atom. The van der Waals surface area contributed by atoms with Gasteiger partial charge in [-0.2, -0.15) is 0 Å². The molecular weight excluding hydrogens is 521 g/mol. The summed E-state index contributed by atoms with van der Waals surface area (Å²) in [4.78, 5) is 7.18. The van der Waals surface area contributed by atoms with E-state index in [9.17, 15) is 0 Å². The molecule has 178 valence electrons. The van der Waals surface area contributed by atoms with E-state index < -0.39 is 0 Å². The number of guanidine groups is 1. The van der Waals surface area contributed by atoms with Gasteiger partial charge in [0.05, 0.1) is 26.9 Å². The number of nitrogens with zero attached hydrogens (tertiary/aromatic N) is 5. The smallest absolute Gasteiger partial charge is 0.191 e. The van der Waals surface area contributed by atoms with Crippen LogP contribution in [-0.4, -0.2) is 85.2 Å². The summed E-state index contributed by atoms with van der Waals surface area (Å²) in [6.45, 7) is 9.75. The minimum atomic E-state index is 0. The van der Waals surface area contributed by atoms with E-state index >= 15 is 0 Å². The first-order valence-corrected chi connectivity index (χ1v) is 11.1.